The summed E-state index contributed by atoms with van der Waals surface area (Å²) in [6.45, 7) is 0.744. The van der Waals surface area contributed by atoms with E-state index in [1.165, 1.54) is 5.56 Å². The van der Waals surface area contributed by atoms with E-state index in [1.807, 2.05) is 18.2 Å². The lowest BCUT2D eigenvalue weighted by Gasteiger charge is -2.05. The Labute approximate surface area is 96.9 Å². The number of hydrogen-bond acceptors (Lipinski definition) is 2. The van der Waals surface area contributed by atoms with Crippen LogP contribution in [-0.4, -0.2) is 17.8 Å². The van der Waals surface area contributed by atoms with E-state index in [0.29, 0.717) is 11.8 Å². The predicted octanol–water partition coefficient (Wildman–Crippen LogP) is 2.35. The smallest absolute Gasteiger partial charge is 0.225 e. The number of amides is 1. The van der Waals surface area contributed by atoms with E-state index in [1.54, 1.807) is 0 Å². The molecule has 0 saturated carbocycles. The van der Waals surface area contributed by atoms with Crippen LogP contribution in [-0.2, 0) is 11.2 Å². The van der Waals surface area contributed by atoms with Crippen LogP contribution in [0.25, 0.3) is 0 Å². The molecule has 0 spiro atoms. The highest BCUT2D eigenvalue weighted by Gasteiger charge is 2.12. The van der Waals surface area contributed by atoms with Crippen molar-refractivity contribution in [2.75, 3.05) is 17.3 Å². The molecule has 1 aromatic carbocycles. The lowest BCUT2D eigenvalue weighted by molar-refractivity contribution is -0.115. The van der Waals surface area contributed by atoms with Crippen molar-refractivity contribution in [1.82, 2.24) is 0 Å². The maximum absolute atomic E-state index is 11.3. The summed E-state index contributed by atoms with van der Waals surface area (Å²) in [6.07, 6.45) is 1.42. The number of hydrogen-bond donors (Lipinski definition) is 1. The predicted molar refractivity (Wildman–Crippen MR) is 62.7 cm³/mol. The summed E-state index contributed by atoms with van der Waals surface area (Å²) in [6, 6.07) is 5.76. The summed E-state index contributed by atoms with van der Waals surface area (Å²) in [5.41, 5.74) is 2.02. The summed E-state index contributed by atoms with van der Waals surface area (Å²) >= 11 is 3.23. The van der Waals surface area contributed by atoms with Gasteiger partial charge in [-0.1, -0.05) is 15.9 Å². The van der Waals surface area contributed by atoms with Gasteiger partial charge in [0.25, 0.3) is 0 Å². The summed E-state index contributed by atoms with van der Waals surface area (Å²) in [5, 5.41) is 3.54. The summed E-state index contributed by atoms with van der Waals surface area (Å²) in [7, 11) is 0. The fraction of sp³-hybridized carbons (Fsp3) is 0.364. The Balaban J connectivity index is 2.06. The first-order valence-corrected chi connectivity index (χ1v) is 6.03. The zero-order valence-corrected chi connectivity index (χ0v) is 9.84. The highest BCUT2D eigenvalue weighted by molar-refractivity contribution is 9.09. The summed E-state index contributed by atoms with van der Waals surface area (Å²) in [4.78, 5) is 11.3. The van der Waals surface area contributed by atoms with E-state index in [9.17, 15) is 4.79 Å². The first-order valence-electron chi connectivity index (χ1n) is 4.91. The van der Waals surface area contributed by atoms with Crippen LogP contribution in [0.1, 0.15) is 12.0 Å². The van der Waals surface area contributed by atoms with Gasteiger partial charge in [-0.05, 0) is 23.8 Å². The molecule has 2 rings (SSSR count). The zero-order chi connectivity index (χ0) is 10.7. The Kier molecular flexibility index (Phi) is 3.26. The van der Waals surface area contributed by atoms with Gasteiger partial charge in [0.05, 0.1) is 6.61 Å². The molecule has 0 atom stereocenters. The topological polar surface area (TPSA) is 38.3 Å². The molecule has 0 radical (unpaired) electrons. The van der Waals surface area contributed by atoms with Crippen molar-refractivity contribution in [2.45, 2.75) is 12.8 Å². The molecule has 80 valence electrons. The third-order valence-electron chi connectivity index (χ3n) is 2.29. The van der Waals surface area contributed by atoms with E-state index in [2.05, 4.69) is 21.2 Å². The molecule has 1 amide bonds. The van der Waals surface area contributed by atoms with Crippen molar-refractivity contribution >= 4 is 27.5 Å². The minimum absolute atomic E-state index is 0.0331. The Morgan fingerprint density at radius 3 is 3.20 bits per heavy atom. The molecule has 0 bridgehead atoms. The van der Waals surface area contributed by atoms with Crippen molar-refractivity contribution in [3.05, 3.63) is 23.8 Å². The number of carbonyl (C=O) groups is 1. The molecule has 15 heavy (non-hydrogen) atoms. The molecule has 1 aromatic rings. The number of benzene rings is 1. The van der Waals surface area contributed by atoms with Crippen LogP contribution in [0.5, 0.6) is 5.75 Å². The molecular weight excluding hydrogens is 258 g/mol. The zero-order valence-electron chi connectivity index (χ0n) is 8.25. The standard InChI is InChI=1S/C11H12BrNO2/c12-5-3-11(14)13-9-1-2-10-8(7-9)4-6-15-10/h1-2,7H,3-6H2,(H,13,14). The van der Waals surface area contributed by atoms with Crippen LogP contribution in [0.4, 0.5) is 5.69 Å². The van der Waals surface area contributed by atoms with Crippen LogP contribution in [0.3, 0.4) is 0 Å². The monoisotopic (exact) mass is 269 g/mol. The average Bonchev–Trinajstić information content (AvgIpc) is 2.65. The molecule has 0 unspecified atom stereocenters. The van der Waals surface area contributed by atoms with Gasteiger partial charge in [-0.3, -0.25) is 4.79 Å². The Bertz CT molecular complexity index is 379. The van der Waals surface area contributed by atoms with Crippen LogP contribution in [0.15, 0.2) is 18.2 Å². The number of rotatable bonds is 3. The van der Waals surface area contributed by atoms with E-state index in [-0.39, 0.29) is 5.91 Å². The van der Waals surface area contributed by atoms with Crippen molar-refractivity contribution in [3.63, 3.8) is 0 Å². The highest BCUT2D eigenvalue weighted by atomic mass is 79.9. The third kappa shape index (κ3) is 2.50. The van der Waals surface area contributed by atoms with Crippen molar-refractivity contribution in [3.8, 4) is 5.75 Å². The van der Waals surface area contributed by atoms with Gasteiger partial charge in [0.1, 0.15) is 5.75 Å². The highest BCUT2D eigenvalue weighted by Crippen LogP contribution is 2.27. The van der Waals surface area contributed by atoms with Gasteiger partial charge in [0.2, 0.25) is 5.91 Å². The normalized spacial score (nSPS) is 13.1. The number of halogens is 1. The van der Waals surface area contributed by atoms with Crippen molar-refractivity contribution < 1.29 is 9.53 Å². The number of anilines is 1. The van der Waals surface area contributed by atoms with Gasteiger partial charge >= 0.3 is 0 Å². The van der Waals surface area contributed by atoms with E-state index >= 15 is 0 Å². The summed E-state index contributed by atoms with van der Waals surface area (Å²) in [5.74, 6) is 0.972. The number of ether oxygens (including phenoxy) is 1. The molecule has 4 heteroatoms. The fourth-order valence-corrected chi connectivity index (χ4v) is 1.93. The maximum Gasteiger partial charge on any atom is 0.225 e. The molecule has 0 aliphatic carbocycles. The molecule has 0 saturated heterocycles. The SMILES string of the molecule is O=C(CCBr)Nc1ccc2c(c1)CCO2. The van der Waals surface area contributed by atoms with Gasteiger partial charge in [0, 0.05) is 23.9 Å². The average molecular weight is 270 g/mol. The first kappa shape index (κ1) is 10.5. The number of carbonyl (C=O) groups excluding carboxylic acids is 1. The van der Waals surface area contributed by atoms with Gasteiger partial charge < -0.3 is 10.1 Å². The molecular formula is C11H12BrNO2. The largest absolute Gasteiger partial charge is 0.493 e. The van der Waals surface area contributed by atoms with Crippen LogP contribution < -0.4 is 10.1 Å². The molecule has 1 aliphatic rings. The van der Waals surface area contributed by atoms with Gasteiger partial charge in [-0.15, -0.1) is 0 Å². The maximum atomic E-state index is 11.3. The third-order valence-corrected chi connectivity index (χ3v) is 2.69. The minimum Gasteiger partial charge on any atom is -0.493 e. The number of fused-ring (bicyclic) bond motifs is 1. The summed E-state index contributed by atoms with van der Waals surface area (Å²) < 4.78 is 5.39. The lowest BCUT2D eigenvalue weighted by Crippen LogP contribution is -2.11. The Morgan fingerprint density at radius 1 is 1.53 bits per heavy atom. The minimum atomic E-state index is 0.0331. The van der Waals surface area contributed by atoms with E-state index in [0.717, 1.165) is 24.5 Å². The Hall–Kier alpha value is -1.03. The number of nitrogens with one attached hydrogen (secondary N) is 1. The van der Waals surface area contributed by atoms with Gasteiger partial charge in [-0.2, -0.15) is 0 Å². The Morgan fingerprint density at radius 2 is 2.40 bits per heavy atom. The molecule has 1 aliphatic heterocycles. The van der Waals surface area contributed by atoms with E-state index < -0.39 is 0 Å². The van der Waals surface area contributed by atoms with Crippen molar-refractivity contribution in [1.29, 1.82) is 0 Å². The molecule has 0 fully saturated rings. The second kappa shape index (κ2) is 4.66. The van der Waals surface area contributed by atoms with Crippen LogP contribution >= 0.6 is 15.9 Å². The second-order valence-electron chi connectivity index (χ2n) is 3.41. The second-order valence-corrected chi connectivity index (χ2v) is 4.20. The van der Waals surface area contributed by atoms with E-state index in [4.69, 9.17) is 4.74 Å². The molecule has 1 heterocycles. The van der Waals surface area contributed by atoms with Crippen LogP contribution in [0, 0.1) is 0 Å². The quantitative estimate of drug-likeness (QED) is 0.856. The van der Waals surface area contributed by atoms with Gasteiger partial charge in [-0.25, -0.2) is 0 Å². The van der Waals surface area contributed by atoms with Crippen molar-refractivity contribution in [2.24, 2.45) is 0 Å². The molecule has 1 N–H and O–H groups in total. The van der Waals surface area contributed by atoms with Gasteiger partial charge in [0.15, 0.2) is 0 Å². The lowest BCUT2D eigenvalue weighted by atomic mass is 10.1. The number of alkyl halides is 1. The first-order chi connectivity index (χ1) is 7.29. The van der Waals surface area contributed by atoms with Crippen LogP contribution in [0.2, 0.25) is 0 Å². The fourth-order valence-electron chi connectivity index (χ4n) is 1.57. The molecule has 0 aromatic heterocycles. The molecule has 3 nitrogen and oxygen atoms in total.